The Morgan fingerprint density at radius 2 is 2.12 bits per heavy atom. The summed E-state index contributed by atoms with van der Waals surface area (Å²) in [4.78, 5) is 18.8. The number of benzene rings is 1. The Morgan fingerprint density at radius 1 is 1.29 bits per heavy atom. The van der Waals surface area contributed by atoms with Gasteiger partial charge >= 0.3 is 0 Å². The Hall–Kier alpha value is -2.07. The largest absolute Gasteiger partial charge is 0.354 e. The second-order valence-corrected chi connectivity index (χ2v) is 6.96. The first-order chi connectivity index (χ1) is 11.5. The van der Waals surface area contributed by atoms with Crippen LogP contribution in [-0.4, -0.2) is 28.9 Å². The van der Waals surface area contributed by atoms with Crippen LogP contribution in [0.5, 0.6) is 0 Å². The molecule has 1 aliphatic rings. The first kappa shape index (κ1) is 16.8. The molecule has 0 saturated carbocycles. The van der Waals surface area contributed by atoms with Crippen molar-refractivity contribution in [2.24, 2.45) is 5.92 Å². The predicted octanol–water partition coefficient (Wildman–Crippen LogP) is 4.66. The molecule has 3 rings (SSSR count). The van der Waals surface area contributed by atoms with Crippen LogP contribution in [0.1, 0.15) is 35.7 Å². The molecule has 1 aromatic carbocycles. The molecule has 5 heteroatoms. The summed E-state index contributed by atoms with van der Waals surface area (Å²) in [6.45, 7) is 5.81. The van der Waals surface area contributed by atoms with Crippen LogP contribution in [0.4, 0.5) is 11.4 Å². The van der Waals surface area contributed by atoms with Crippen molar-refractivity contribution in [2.45, 2.75) is 26.7 Å². The summed E-state index contributed by atoms with van der Waals surface area (Å²) in [5.41, 5.74) is 3.31. The van der Waals surface area contributed by atoms with Gasteiger partial charge in [-0.25, -0.2) is 0 Å². The van der Waals surface area contributed by atoms with Crippen LogP contribution in [0.15, 0.2) is 36.7 Å². The molecule has 2 heterocycles. The highest BCUT2D eigenvalue weighted by Crippen LogP contribution is 2.24. The third-order valence-corrected chi connectivity index (χ3v) is 4.80. The van der Waals surface area contributed by atoms with E-state index in [4.69, 9.17) is 11.6 Å². The van der Waals surface area contributed by atoms with Crippen molar-refractivity contribution in [1.82, 2.24) is 9.88 Å². The molecule has 1 unspecified atom stereocenters. The number of carbonyl (C=O) groups is 1. The highest BCUT2D eigenvalue weighted by Gasteiger charge is 2.22. The fraction of sp³-hybridized carbons (Fsp3) is 0.368. The molecule has 1 N–H and O–H groups in total. The number of aromatic nitrogens is 1. The maximum atomic E-state index is 12.7. The van der Waals surface area contributed by atoms with Gasteiger partial charge in [-0.3, -0.25) is 9.78 Å². The van der Waals surface area contributed by atoms with Gasteiger partial charge in [-0.15, -0.1) is 0 Å². The molecule has 126 valence electrons. The molecule has 4 nitrogen and oxygen atoms in total. The Labute approximate surface area is 147 Å². The van der Waals surface area contributed by atoms with E-state index in [9.17, 15) is 4.79 Å². The van der Waals surface area contributed by atoms with Crippen LogP contribution in [0.2, 0.25) is 5.02 Å². The van der Waals surface area contributed by atoms with Crippen molar-refractivity contribution in [3.63, 3.8) is 0 Å². The predicted molar refractivity (Wildman–Crippen MR) is 98.0 cm³/mol. The normalized spacial score (nSPS) is 17.6. The van der Waals surface area contributed by atoms with Crippen LogP contribution in [0, 0.1) is 12.8 Å². The van der Waals surface area contributed by atoms with E-state index < -0.39 is 0 Å². The summed E-state index contributed by atoms with van der Waals surface area (Å²) in [6, 6.07) is 7.64. The van der Waals surface area contributed by atoms with Gasteiger partial charge in [0.15, 0.2) is 0 Å². The zero-order chi connectivity index (χ0) is 17.1. The zero-order valence-electron chi connectivity index (χ0n) is 14.1. The Bertz CT molecular complexity index is 747. The van der Waals surface area contributed by atoms with Crippen molar-refractivity contribution in [3.8, 4) is 0 Å². The number of carbonyl (C=O) groups excluding carboxylic acids is 1. The minimum atomic E-state index is 0.0552. The summed E-state index contributed by atoms with van der Waals surface area (Å²) in [7, 11) is 0. The molecular weight excluding hydrogens is 322 g/mol. The molecule has 0 spiro atoms. The van der Waals surface area contributed by atoms with Crippen molar-refractivity contribution < 1.29 is 4.79 Å². The van der Waals surface area contributed by atoms with Gasteiger partial charge in [-0.05, 0) is 49.4 Å². The van der Waals surface area contributed by atoms with E-state index in [1.54, 1.807) is 12.4 Å². The second-order valence-electron chi connectivity index (χ2n) is 6.55. The highest BCUT2D eigenvalue weighted by atomic mass is 35.5. The van der Waals surface area contributed by atoms with E-state index in [-0.39, 0.29) is 5.91 Å². The summed E-state index contributed by atoms with van der Waals surface area (Å²) in [6.07, 6.45) is 5.61. The van der Waals surface area contributed by atoms with Crippen LogP contribution in [0.25, 0.3) is 0 Å². The van der Waals surface area contributed by atoms with E-state index in [0.717, 1.165) is 36.4 Å². The van der Waals surface area contributed by atoms with Gasteiger partial charge in [-0.2, -0.15) is 0 Å². The summed E-state index contributed by atoms with van der Waals surface area (Å²) >= 11 is 6.16. The van der Waals surface area contributed by atoms with Crippen LogP contribution in [-0.2, 0) is 0 Å². The number of amides is 1. The van der Waals surface area contributed by atoms with E-state index in [1.165, 1.54) is 6.42 Å². The maximum absolute atomic E-state index is 12.7. The number of anilines is 2. The molecular formula is C19H22ClN3O. The number of hydrogen-bond donors (Lipinski definition) is 1. The Morgan fingerprint density at radius 3 is 2.88 bits per heavy atom. The molecule has 0 radical (unpaired) electrons. The fourth-order valence-electron chi connectivity index (χ4n) is 3.02. The smallest absolute Gasteiger partial charge is 0.255 e. The lowest BCUT2D eigenvalue weighted by Crippen LogP contribution is -2.39. The number of pyridine rings is 1. The van der Waals surface area contributed by atoms with E-state index in [1.807, 2.05) is 36.1 Å². The molecule has 2 aromatic rings. The molecule has 0 aliphatic carbocycles. The summed E-state index contributed by atoms with van der Waals surface area (Å²) in [5.74, 6) is 0.617. The first-order valence-electron chi connectivity index (χ1n) is 8.30. The average Bonchev–Trinajstić information content (AvgIpc) is 2.58. The van der Waals surface area contributed by atoms with Crippen LogP contribution < -0.4 is 5.32 Å². The van der Waals surface area contributed by atoms with Crippen LogP contribution in [0.3, 0.4) is 0 Å². The molecule has 1 amide bonds. The molecule has 1 atom stereocenters. The minimum absolute atomic E-state index is 0.0552. The SMILES string of the molecule is Cc1ccc(Nc2cncc(C(=O)N3CCCC(C)C3)c2)cc1Cl. The summed E-state index contributed by atoms with van der Waals surface area (Å²) < 4.78 is 0. The maximum Gasteiger partial charge on any atom is 0.255 e. The molecule has 1 fully saturated rings. The van der Waals surface area contributed by atoms with Gasteiger partial charge in [0.2, 0.25) is 0 Å². The van der Waals surface area contributed by atoms with Gasteiger partial charge in [0.1, 0.15) is 0 Å². The highest BCUT2D eigenvalue weighted by molar-refractivity contribution is 6.31. The van der Waals surface area contributed by atoms with Crippen LogP contribution >= 0.6 is 11.6 Å². The molecule has 24 heavy (non-hydrogen) atoms. The number of hydrogen-bond acceptors (Lipinski definition) is 3. The number of piperidine rings is 1. The van der Waals surface area contributed by atoms with E-state index >= 15 is 0 Å². The molecule has 1 aromatic heterocycles. The molecule has 1 aliphatic heterocycles. The second kappa shape index (κ2) is 7.22. The number of rotatable bonds is 3. The molecule has 1 saturated heterocycles. The number of nitrogens with zero attached hydrogens (tertiary/aromatic N) is 2. The number of likely N-dealkylation sites (tertiary alicyclic amines) is 1. The van der Waals surface area contributed by atoms with Crippen molar-refractivity contribution in [1.29, 1.82) is 0 Å². The number of aryl methyl sites for hydroxylation is 1. The average molecular weight is 344 g/mol. The third kappa shape index (κ3) is 3.88. The van der Waals surface area contributed by atoms with E-state index in [0.29, 0.717) is 16.5 Å². The quantitative estimate of drug-likeness (QED) is 0.881. The lowest BCUT2D eigenvalue weighted by molar-refractivity contribution is 0.0682. The Balaban J connectivity index is 1.76. The monoisotopic (exact) mass is 343 g/mol. The van der Waals surface area contributed by atoms with Gasteiger partial charge in [0.05, 0.1) is 17.4 Å². The van der Waals surface area contributed by atoms with Crippen molar-refractivity contribution in [2.75, 3.05) is 18.4 Å². The fourth-order valence-corrected chi connectivity index (χ4v) is 3.20. The lowest BCUT2D eigenvalue weighted by Gasteiger charge is -2.31. The lowest BCUT2D eigenvalue weighted by atomic mass is 10.00. The Kier molecular flexibility index (Phi) is 5.05. The van der Waals surface area contributed by atoms with Gasteiger partial charge in [-0.1, -0.05) is 24.6 Å². The third-order valence-electron chi connectivity index (χ3n) is 4.39. The van der Waals surface area contributed by atoms with Crippen molar-refractivity contribution in [3.05, 3.63) is 52.8 Å². The topological polar surface area (TPSA) is 45.2 Å². The standard InChI is InChI=1S/C19H22ClN3O/c1-13-4-3-7-23(12-13)19(24)15-8-17(11-21-10-15)22-16-6-5-14(2)18(20)9-16/h5-6,8-11,13,22H,3-4,7,12H2,1-2H3. The van der Waals surface area contributed by atoms with Gasteiger partial charge in [0, 0.05) is 30.0 Å². The first-order valence-corrected chi connectivity index (χ1v) is 8.68. The number of nitrogens with one attached hydrogen (secondary N) is 1. The minimum Gasteiger partial charge on any atom is -0.354 e. The van der Waals surface area contributed by atoms with E-state index in [2.05, 4.69) is 17.2 Å². The summed E-state index contributed by atoms with van der Waals surface area (Å²) in [5, 5.41) is 3.97. The van der Waals surface area contributed by atoms with Gasteiger partial charge < -0.3 is 10.2 Å². The van der Waals surface area contributed by atoms with Crippen molar-refractivity contribution >= 4 is 28.9 Å². The molecule has 0 bridgehead atoms. The zero-order valence-corrected chi connectivity index (χ0v) is 14.8. The number of halogens is 1. The van der Waals surface area contributed by atoms with Gasteiger partial charge in [0.25, 0.3) is 5.91 Å².